The number of aromatic nitrogens is 5. The van der Waals surface area contributed by atoms with Gasteiger partial charge in [0.25, 0.3) is 0 Å². The van der Waals surface area contributed by atoms with Crippen LogP contribution in [0.2, 0.25) is 0 Å². The first-order chi connectivity index (χ1) is 13.7. The van der Waals surface area contributed by atoms with Crippen molar-refractivity contribution in [2.24, 2.45) is 0 Å². The van der Waals surface area contributed by atoms with Crippen molar-refractivity contribution in [2.75, 3.05) is 36.5 Å². The van der Waals surface area contributed by atoms with Crippen molar-refractivity contribution in [3.05, 3.63) is 53.2 Å². The molecule has 0 radical (unpaired) electrons. The Kier molecular flexibility index (Phi) is 5.24. The number of H-pyrrole nitrogens is 1. The van der Waals surface area contributed by atoms with Crippen LogP contribution in [0.25, 0.3) is 12.2 Å². The molecule has 9 heteroatoms. The lowest BCUT2D eigenvalue weighted by Gasteiger charge is -2.26. The second-order valence-corrected chi connectivity index (χ2v) is 6.37. The first kappa shape index (κ1) is 18.1. The summed E-state index contributed by atoms with van der Waals surface area (Å²) in [6.45, 7) is 4.58. The van der Waals surface area contributed by atoms with Gasteiger partial charge in [-0.1, -0.05) is 18.2 Å². The van der Waals surface area contributed by atoms with Crippen molar-refractivity contribution in [1.29, 1.82) is 0 Å². The summed E-state index contributed by atoms with van der Waals surface area (Å²) < 4.78 is 18.8. The molecule has 0 unspecified atom stereocenters. The lowest BCUT2D eigenvalue weighted by molar-refractivity contribution is 0.122. The third kappa shape index (κ3) is 4.49. The second-order valence-electron chi connectivity index (χ2n) is 6.37. The molecule has 0 aliphatic carbocycles. The topological polar surface area (TPSA) is 91.8 Å². The minimum absolute atomic E-state index is 0.289. The van der Waals surface area contributed by atoms with E-state index in [2.05, 4.69) is 30.5 Å². The monoisotopic (exact) mass is 381 g/mol. The molecule has 1 aliphatic heterocycles. The zero-order chi connectivity index (χ0) is 19.3. The van der Waals surface area contributed by atoms with Crippen molar-refractivity contribution < 1.29 is 9.13 Å². The van der Waals surface area contributed by atoms with Gasteiger partial charge in [0.2, 0.25) is 11.9 Å². The van der Waals surface area contributed by atoms with E-state index in [0.29, 0.717) is 49.8 Å². The molecule has 1 aromatic carbocycles. The highest BCUT2D eigenvalue weighted by atomic mass is 19.1. The van der Waals surface area contributed by atoms with Gasteiger partial charge in [0.05, 0.1) is 13.2 Å². The lowest BCUT2D eigenvalue weighted by atomic mass is 10.2. The molecule has 3 heterocycles. The minimum Gasteiger partial charge on any atom is -0.378 e. The van der Waals surface area contributed by atoms with Crippen LogP contribution < -0.4 is 10.2 Å². The van der Waals surface area contributed by atoms with Crippen molar-refractivity contribution in [2.45, 2.75) is 6.92 Å². The Balaban J connectivity index is 1.64. The van der Waals surface area contributed by atoms with Gasteiger partial charge in [0, 0.05) is 24.8 Å². The standard InChI is InChI=1S/C19H20FN7O/c1-13-11-17(26-25-13)22-18-21-16(6-5-14-3-2-4-15(20)12-14)23-19(24-18)27-7-9-28-10-8-27/h2-6,11-12H,7-10H2,1H3,(H2,21,22,23,24,25,26)/b6-5+. The average molecular weight is 381 g/mol. The molecular formula is C19H20FN7O. The van der Waals surface area contributed by atoms with Gasteiger partial charge < -0.3 is 15.0 Å². The lowest BCUT2D eigenvalue weighted by Crippen LogP contribution is -2.37. The summed E-state index contributed by atoms with van der Waals surface area (Å²) >= 11 is 0. The van der Waals surface area contributed by atoms with Crippen LogP contribution in [0.5, 0.6) is 0 Å². The van der Waals surface area contributed by atoms with Gasteiger partial charge in [0.1, 0.15) is 5.82 Å². The van der Waals surface area contributed by atoms with E-state index in [0.717, 1.165) is 11.3 Å². The maximum absolute atomic E-state index is 13.4. The molecule has 1 saturated heterocycles. The first-order valence-corrected chi connectivity index (χ1v) is 8.97. The highest BCUT2D eigenvalue weighted by Crippen LogP contribution is 2.17. The molecule has 28 heavy (non-hydrogen) atoms. The van der Waals surface area contributed by atoms with E-state index in [1.165, 1.54) is 12.1 Å². The summed E-state index contributed by atoms with van der Waals surface area (Å²) in [5, 5.41) is 10.1. The highest BCUT2D eigenvalue weighted by molar-refractivity contribution is 5.67. The normalized spacial score (nSPS) is 14.6. The molecule has 144 valence electrons. The molecular weight excluding hydrogens is 361 g/mol. The zero-order valence-electron chi connectivity index (χ0n) is 15.4. The van der Waals surface area contributed by atoms with Gasteiger partial charge in [-0.3, -0.25) is 5.10 Å². The van der Waals surface area contributed by atoms with E-state index in [1.54, 1.807) is 18.2 Å². The summed E-state index contributed by atoms with van der Waals surface area (Å²) in [7, 11) is 0. The van der Waals surface area contributed by atoms with E-state index >= 15 is 0 Å². The van der Waals surface area contributed by atoms with Gasteiger partial charge in [-0.15, -0.1) is 0 Å². The summed E-state index contributed by atoms with van der Waals surface area (Å²) in [6, 6.07) is 8.20. The number of anilines is 3. The molecule has 0 atom stereocenters. The number of ether oxygens (including phenoxy) is 1. The van der Waals surface area contributed by atoms with E-state index in [4.69, 9.17) is 4.74 Å². The largest absolute Gasteiger partial charge is 0.378 e. The Morgan fingerprint density at radius 1 is 1.14 bits per heavy atom. The number of benzene rings is 1. The fourth-order valence-corrected chi connectivity index (χ4v) is 2.79. The highest BCUT2D eigenvalue weighted by Gasteiger charge is 2.16. The maximum atomic E-state index is 13.4. The summed E-state index contributed by atoms with van der Waals surface area (Å²) in [4.78, 5) is 15.6. The average Bonchev–Trinajstić information content (AvgIpc) is 3.11. The predicted octanol–water partition coefficient (Wildman–Crippen LogP) is 2.79. The van der Waals surface area contributed by atoms with Gasteiger partial charge in [0.15, 0.2) is 11.6 Å². The van der Waals surface area contributed by atoms with Crippen LogP contribution in [-0.2, 0) is 4.74 Å². The Morgan fingerprint density at radius 3 is 2.75 bits per heavy atom. The van der Waals surface area contributed by atoms with Crippen LogP contribution in [0.3, 0.4) is 0 Å². The van der Waals surface area contributed by atoms with Crippen LogP contribution in [0.15, 0.2) is 30.3 Å². The number of aryl methyl sites for hydroxylation is 1. The molecule has 1 fully saturated rings. The molecule has 8 nitrogen and oxygen atoms in total. The molecule has 0 spiro atoms. The van der Waals surface area contributed by atoms with Gasteiger partial charge in [-0.2, -0.15) is 20.1 Å². The number of rotatable bonds is 5. The number of nitrogens with zero attached hydrogens (tertiary/aromatic N) is 5. The SMILES string of the molecule is Cc1cc(Nc2nc(/C=C/c3cccc(F)c3)nc(N3CCOCC3)n2)n[nH]1. The number of halogens is 1. The Labute approximate surface area is 161 Å². The maximum Gasteiger partial charge on any atom is 0.233 e. The molecule has 2 aromatic heterocycles. The third-order valence-corrected chi connectivity index (χ3v) is 4.15. The fourth-order valence-electron chi connectivity index (χ4n) is 2.79. The number of hydrogen-bond donors (Lipinski definition) is 2. The second kappa shape index (κ2) is 8.13. The van der Waals surface area contributed by atoms with Crippen LogP contribution in [-0.4, -0.2) is 51.5 Å². The van der Waals surface area contributed by atoms with E-state index in [9.17, 15) is 4.39 Å². The van der Waals surface area contributed by atoms with Crippen molar-refractivity contribution in [1.82, 2.24) is 25.1 Å². The predicted molar refractivity (Wildman–Crippen MR) is 105 cm³/mol. The van der Waals surface area contributed by atoms with Crippen LogP contribution in [0.4, 0.5) is 22.1 Å². The molecule has 1 aliphatic rings. The van der Waals surface area contributed by atoms with Crippen LogP contribution >= 0.6 is 0 Å². The fraction of sp³-hybridized carbons (Fsp3) is 0.263. The van der Waals surface area contributed by atoms with Crippen LogP contribution in [0.1, 0.15) is 17.1 Å². The number of nitrogens with one attached hydrogen (secondary N) is 2. The van der Waals surface area contributed by atoms with Crippen molar-refractivity contribution in [3.63, 3.8) is 0 Å². The molecule has 0 saturated carbocycles. The van der Waals surface area contributed by atoms with Crippen molar-refractivity contribution in [3.8, 4) is 0 Å². The van der Waals surface area contributed by atoms with E-state index in [-0.39, 0.29) is 5.82 Å². The van der Waals surface area contributed by atoms with Gasteiger partial charge in [-0.25, -0.2) is 4.39 Å². The molecule has 3 aromatic rings. The van der Waals surface area contributed by atoms with Crippen molar-refractivity contribution >= 4 is 29.9 Å². The van der Waals surface area contributed by atoms with E-state index in [1.807, 2.05) is 24.0 Å². The molecule has 4 rings (SSSR count). The van der Waals surface area contributed by atoms with Gasteiger partial charge in [-0.05, 0) is 30.7 Å². The molecule has 2 N–H and O–H groups in total. The Hall–Kier alpha value is -3.33. The minimum atomic E-state index is -0.289. The summed E-state index contributed by atoms with van der Waals surface area (Å²) in [5.41, 5.74) is 1.65. The smallest absolute Gasteiger partial charge is 0.233 e. The molecule has 0 bridgehead atoms. The third-order valence-electron chi connectivity index (χ3n) is 4.15. The quantitative estimate of drug-likeness (QED) is 0.702. The molecule has 0 amide bonds. The zero-order valence-corrected chi connectivity index (χ0v) is 15.4. The Bertz CT molecular complexity index is 982. The van der Waals surface area contributed by atoms with Crippen LogP contribution in [0, 0.1) is 12.7 Å². The summed E-state index contributed by atoms with van der Waals surface area (Å²) in [5.74, 6) is 1.75. The van der Waals surface area contributed by atoms with Gasteiger partial charge >= 0.3 is 0 Å². The Morgan fingerprint density at radius 2 is 2.00 bits per heavy atom. The summed E-state index contributed by atoms with van der Waals surface area (Å²) in [6.07, 6.45) is 3.51. The first-order valence-electron chi connectivity index (χ1n) is 8.97. The number of morpholine rings is 1. The number of aromatic amines is 1. The van der Waals surface area contributed by atoms with E-state index < -0.39 is 0 Å². The number of hydrogen-bond acceptors (Lipinski definition) is 7.